The van der Waals surface area contributed by atoms with Crippen LogP contribution in [0, 0.1) is 11.8 Å². The van der Waals surface area contributed by atoms with Gasteiger partial charge in [-0.1, -0.05) is 69.3 Å². The summed E-state index contributed by atoms with van der Waals surface area (Å²) in [6, 6.07) is 17.8. The molecule has 1 aliphatic carbocycles. The number of hydrogen-bond acceptors (Lipinski definition) is 0. The quantitative estimate of drug-likeness (QED) is 0.681. The molecule has 0 saturated carbocycles. The summed E-state index contributed by atoms with van der Waals surface area (Å²) in [5.74, 6) is 1.95. The second-order valence-electron chi connectivity index (χ2n) is 5.76. The Morgan fingerprint density at radius 3 is 1.61 bits per heavy atom. The van der Waals surface area contributed by atoms with E-state index in [1.165, 1.54) is 22.3 Å². The van der Waals surface area contributed by atoms with E-state index in [0.29, 0.717) is 17.8 Å². The zero-order valence-corrected chi connectivity index (χ0v) is 11.4. The molecule has 92 valence electrons. The Morgan fingerprint density at radius 1 is 0.722 bits per heavy atom. The maximum Gasteiger partial charge on any atom is 0.0130 e. The van der Waals surface area contributed by atoms with Crippen LogP contribution in [0.25, 0.3) is 11.1 Å². The first kappa shape index (κ1) is 11.5. The molecule has 2 aromatic carbocycles. The molecule has 0 bridgehead atoms. The Labute approximate surface area is 110 Å². The van der Waals surface area contributed by atoms with E-state index in [4.69, 9.17) is 0 Å². The minimum atomic E-state index is 0.567. The lowest BCUT2D eigenvalue weighted by Gasteiger charge is -2.25. The van der Waals surface area contributed by atoms with Gasteiger partial charge in [-0.25, -0.2) is 0 Å². The Hall–Kier alpha value is -1.56. The van der Waals surface area contributed by atoms with Crippen LogP contribution in [0.3, 0.4) is 0 Å². The zero-order chi connectivity index (χ0) is 12.7. The maximum atomic E-state index is 2.38. The van der Waals surface area contributed by atoms with Crippen molar-refractivity contribution in [2.45, 2.75) is 26.7 Å². The molecule has 1 unspecified atom stereocenters. The zero-order valence-electron chi connectivity index (χ0n) is 11.4. The fourth-order valence-electron chi connectivity index (χ4n) is 3.15. The minimum absolute atomic E-state index is 0.567. The largest absolute Gasteiger partial charge is 0.0625 e. The number of rotatable bonds is 2. The summed E-state index contributed by atoms with van der Waals surface area (Å²) in [4.78, 5) is 0. The third-order valence-electron chi connectivity index (χ3n) is 4.46. The van der Waals surface area contributed by atoms with Crippen molar-refractivity contribution in [3.63, 3.8) is 0 Å². The molecule has 0 nitrogen and oxygen atoms in total. The highest BCUT2D eigenvalue weighted by Gasteiger charge is 2.32. The molecule has 1 aliphatic rings. The maximum absolute atomic E-state index is 2.38. The van der Waals surface area contributed by atoms with Crippen molar-refractivity contribution in [1.29, 1.82) is 0 Å². The average molecular weight is 236 g/mol. The van der Waals surface area contributed by atoms with Gasteiger partial charge in [0.15, 0.2) is 0 Å². The molecule has 0 N–H and O–H groups in total. The monoisotopic (exact) mass is 236 g/mol. The third-order valence-corrected chi connectivity index (χ3v) is 4.46. The van der Waals surface area contributed by atoms with Gasteiger partial charge in [0, 0.05) is 5.92 Å². The van der Waals surface area contributed by atoms with E-state index in [1.807, 2.05) is 0 Å². The van der Waals surface area contributed by atoms with Gasteiger partial charge in [-0.15, -0.1) is 0 Å². The molecule has 0 saturated heterocycles. The minimum Gasteiger partial charge on any atom is -0.0625 e. The van der Waals surface area contributed by atoms with Crippen molar-refractivity contribution in [3.05, 3.63) is 59.7 Å². The Balaban J connectivity index is 2.21. The first-order chi connectivity index (χ1) is 8.70. The average Bonchev–Trinajstić information content (AvgIpc) is 2.72. The summed E-state index contributed by atoms with van der Waals surface area (Å²) in [6.07, 6.45) is 0. The summed E-state index contributed by atoms with van der Waals surface area (Å²) in [7, 11) is 0. The second kappa shape index (κ2) is 4.28. The van der Waals surface area contributed by atoms with Crippen LogP contribution in [0.2, 0.25) is 0 Å². The van der Waals surface area contributed by atoms with E-state index < -0.39 is 0 Å². The van der Waals surface area contributed by atoms with Gasteiger partial charge < -0.3 is 0 Å². The van der Waals surface area contributed by atoms with Crippen LogP contribution in [0.15, 0.2) is 48.5 Å². The summed E-state index contributed by atoms with van der Waals surface area (Å²) < 4.78 is 0. The Kier molecular flexibility index (Phi) is 2.74. The lowest BCUT2D eigenvalue weighted by atomic mass is 9.79. The van der Waals surface area contributed by atoms with Crippen molar-refractivity contribution < 1.29 is 0 Å². The molecular weight excluding hydrogens is 216 g/mol. The third kappa shape index (κ3) is 1.59. The molecule has 3 rings (SSSR count). The summed E-state index contributed by atoms with van der Waals surface area (Å²) in [6.45, 7) is 7.04. The number of hydrogen-bond donors (Lipinski definition) is 0. The lowest BCUT2D eigenvalue weighted by molar-refractivity contribution is 0.381. The SMILES string of the molecule is CC(C)C(C)C1c2ccccc2-c2ccccc21. The predicted molar refractivity (Wildman–Crippen MR) is 77.7 cm³/mol. The fraction of sp³-hybridized carbons (Fsp3) is 0.333. The number of benzene rings is 2. The smallest absolute Gasteiger partial charge is 0.0130 e. The Morgan fingerprint density at radius 2 is 1.17 bits per heavy atom. The van der Waals surface area contributed by atoms with E-state index in [9.17, 15) is 0 Å². The molecule has 18 heavy (non-hydrogen) atoms. The van der Waals surface area contributed by atoms with Crippen LogP contribution in [0.4, 0.5) is 0 Å². The molecule has 0 aromatic heterocycles. The van der Waals surface area contributed by atoms with Crippen LogP contribution < -0.4 is 0 Å². The summed E-state index contributed by atoms with van der Waals surface area (Å²) in [5, 5.41) is 0. The van der Waals surface area contributed by atoms with Crippen molar-refractivity contribution >= 4 is 0 Å². The molecule has 0 spiro atoms. The van der Waals surface area contributed by atoms with Crippen molar-refractivity contribution in [1.82, 2.24) is 0 Å². The van der Waals surface area contributed by atoms with Crippen molar-refractivity contribution in [3.8, 4) is 11.1 Å². The number of fused-ring (bicyclic) bond motifs is 3. The van der Waals surface area contributed by atoms with Crippen LogP contribution in [0.1, 0.15) is 37.8 Å². The molecule has 0 aliphatic heterocycles. The molecule has 2 aromatic rings. The Bertz CT molecular complexity index is 520. The summed E-state index contributed by atoms with van der Waals surface area (Å²) in [5.41, 5.74) is 5.90. The van der Waals surface area contributed by atoms with Crippen molar-refractivity contribution in [2.24, 2.45) is 11.8 Å². The molecule has 1 atom stereocenters. The summed E-state index contributed by atoms with van der Waals surface area (Å²) >= 11 is 0. The molecule has 0 radical (unpaired) electrons. The van der Waals surface area contributed by atoms with E-state index in [0.717, 1.165) is 0 Å². The molecule has 0 heteroatoms. The predicted octanol–water partition coefficient (Wildman–Crippen LogP) is 5.09. The molecule has 0 heterocycles. The van der Waals surface area contributed by atoms with Crippen molar-refractivity contribution in [2.75, 3.05) is 0 Å². The van der Waals surface area contributed by atoms with Gasteiger partial charge in [-0.05, 0) is 34.1 Å². The van der Waals surface area contributed by atoms with E-state index in [2.05, 4.69) is 69.3 Å². The van der Waals surface area contributed by atoms with Gasteiger partial charge in [0.25, 0.3) is 0 Å². The molecule has 0 fully saturated rings. The van der Waals surface area contributed by atoms with Crippen LogP contribution in [-0.2, 0) is 0 Å². The topological polar surface area (TPSA) is 0 Å². The first-order valence-corrected chi connectivity index (χ1v) is 6.88. The van der Waals surface area contributed by atoms with E-state index in [1.54, 1.807) is 0 Å². The normalized spacial score (nSPS) is 15.6. The fourth-order valence-corrected chi connectivity index (χ4v) is 3.15. The van der Waals surface area contributed by atoms with Crippen LogP contribution in [0.5, 0.6) is 0 Å². The van der Waals surface area contributed by atoms with E-state index in [-0.39, 0.29) is 0 Å². The van der Waals surface area contributed by atoms with Gasteiger partial charge in [0.2, 0.25) is 0 Å². The van der Waals surface area contributed by atoms with E-state index >= 15 is 0 Å². The van der Waals surface area contributed by atoms with Gasteiger partial charge in [0.05, 0.1) is 0 Å². The van der Waals surface area contributed by atoms with Crippen LogP contribution >= 0.6 is 0 Å². The highest BCUT2D eigenvalue weighted by Crippen LogP contribution is 2.49. The highest BCUT2D eigenvalue weighted by atomic mass is 14.4. The van der Waals surface area contributed by atoms with Gasteiger partial charge in [-0.2, -0.15) is 0 Å². The van der Waals surface area contributed by atoms with Gasteiger partial charge in [0.1, 0.15) is 0 Å². The van der Waals surface area contributed by atoms with Gasteiger partial charge >= 0.3 is 0 Å². The van der Waals surface area contributed by atoms with Gasteiger partial charge in [-0.3, -0.25) is 0 Å². The standard InChI is InChI=1S/C18H20/c1-12(2)13(3)18-16-10-6-4-8-14(16)15-9-5-7-11-17(15)18/h4-13,18H,1-3H3. The molecular formula is C18H20. The second-order valence-corrected chi connectivity index (χ2v) is 5.76. The van der Waals surface area contributed by atoms with Crippen LogP contribution in [-0.4, -0.2) is 0 Å². The highest BCUT2D eigenvalue weighted by molar-refractivity contribution is 5.78. The first-order valence-electron chi connectivity index (χ1n) is 6.88. The molecule has 0 amide bonds. The lowest BCUT2D eigenvalue weighted by Crippen LogP contribution is -2.14.